The zero-order valence-corrected chi connectivity index (χ0v) is 8.23. The second-order valence-corrected chi connectivity index (χ2v) is 3.42. The molecule has 0 aromatic heterocycles. The van der Waals surface area contributed by atoms with Gasteiger partial charge in [0.1, 0.15) is 11.2 Å². The van der Waals surface area contributed by atoms with E-state index in [4.69, 9.17) is 11.6 Å². The molecule has 1 atom stereocenters. The molecule has 0 amide bonds. The molecular formula is C10H10ClFO. The Hall–Kier alpha value is -0.890. The van der Waals surface area contributed by atoms with Crippen molar-refractivity contribution >= 4 is 17.4 Å². The van der Waals surface area contributed by atoms with Crippen molar-refractivity contribution in [3.63, 3.8) is 0 Å². The van der Waals surface area contributed by atoms with Crippen molar-refractivity contribution in [2.45, 2.75) is 19.2 Å². The maximum Gasteiger partial charge on any atom is 0.152 e. The molecule has 3 heteroatoms. The normalized spacial score (nSPS) is 12.6. The van der Waals surface area contributed by atoms with E-state index in [-0.39, 0.29) is 11.6 Å². The Morgan fingerprint density at radius 1 is 1.54 bits per heavy atom. The molecule has 0 N–H and O–H groups in total. The van der Waals surface area contributed by atoms with Gasteiger partial charge in [0.05, 0.1) is 0 Å². The largest absolute Gasteiger partial charge is 0.298 e. The maximum absolute atomic E-state index is 12.8. The van der Waals surface area contributed by atoms with Crippen LogP contribution < -0.4 is 0 Å². The highest BCUT2D eigenvalue weighted by atomic mass is 35.5. The number of ketones is 1. The Morgan fingerprint density at radius 2 is 2.15 bits per heavy atom. The summed E-state index contributed by atoms with van der Waals surface area (Å²) in [5.41, 5.74) is 1.15. The van der Waals surface area contributed by atoms with Crippen molar-refractivity contribution in [2.24, 2.45) is 0 Å². The van der Waals surface area contributed by atoms with E-state index in [9.17, 15) is 9.18 Å². The summed E-state index contributed by atoms with van der Waals surface area (Å²) in [4.78, 5) is 10.9. The van der Waals surface area contributed by atoms with Gasteiger partial charge in [0.25, 0.3) is 0 Å². The molecule has 70 valence electrons. The SMILES string of the molecule is CC(=O)C(Cl)c1ccc(F)c(C)c1. The Labute approximate surface area is 81.5 Å². The minimum Gasteiger partial charge on any atom is -0.298 e. The van der Waals surface area contributed by atoms with Gasteiger partial charge in [0, 0.05) is 0 Å². The summed E-state index contributed by atoms with van der Waals surface area (Å²) in [6.45, 7) is 3.05. The molecule has 0 radical (unpaired) electrons. The van der Waals surface area contributed by atoms with Gasteiger partial charge < -0.3 is 0 Å². The van der Waals surface area contributed by atoms with E-state index < -0.39 is 5.38 Å². The molecule has 13 heavy (non-hydrogen) atoms. The van der Waals surface area contributed by atoms with Gasteiger partial charge in [-0.25, -0.2) is 4.39 Å². The topological polar surface area (TPSA) is 17.1 Å². The van der Waals surface area contributed by atoms with Crippen LogP contribution in [0.2, 0.25) is 0 Å². The highest BCUT2D eigenvalue weighted by molar-refractivity contribution is 6.30. The number of rotatable bonds is 2. The predicted octanol–water partition coefficient (Wildman–Crippen LogP) is 3.00. The standard InChI is InChI=1S/C10H10ClFO/c1-6-5-8(3-4-9(6)12)10(11)7(2)13/h3-5,10H,1-2H3. The quantitative estimate of drug-likeness (QED) is 0.671. The van der Waals surface area contributed by atoms with Crippen LogP contribution in [0.5, 0.6) is 0 Å². The Bertz CT molecular complexity index is 336. The number of aryl methyl sites for hydroxylation is 1. The fourth-order valence-corrected chi connectivity index (χ4v) is 1.20. The van der Waals surface area contributed by atoms with E-state index in [1.807, 2.05) is 0 Å². The third-order valence-electron chi connectivity index (χ3n) is 1.83. The number of hydrogen-bond donors (Lipinski definition) is 0. The first-order chi connectivity index (χ1) is 6.02. The van der Waals surface area contributed by atoms with Crippen molar-refractivity contribution < 1.29 is 9.18 Å². The zero-order chi connectivity index (χ0) is 10.0. The number of benzene rings is 1. The minimum absolute atomic E-state index is 0.132. The van der Waals surface area contributed by atoms with Crippen molar-refractivity contribution in [3.05, 3.63) is 35.1 Å². The number of Topliss-reactive ketones (excluding diaryl/α,β-unsaturated/α-hetero) is 1. The summed E-state index contributed by atoms with van der Waals surface area (Å²) in [5.74, 6) is -0.413. The van der Waals surface area contributed by atoms with E-state index in [0.717, 1.165) is 0 Å². The molecule has 1 aromatic rings. The summed E-state index contributed by atoms with van der Waals surface area (Å²) in [7, 11) is 0. The lowest BCUT2D eigenvalue weighted by Gasteiger charge is -2.06. The molecular weight excluding hydrogens is 191 g/mol. The first-order valence-corrected chi connectivity index (χ1v) is 4.36. The van der Waals surface area contributed by atoms with Crippen LogP contribution in [0, 0.1) is 12.7 Å². The Morgan fingerprint density at radius 3 is 2.62 bits per heavy atom. The minimum atomic E-state index is -0.667. The van der Waals surface area contributed by atoms with E-state index in [1.54, 1.807) is 13.0 Å². The van der Waals surface area contributed by atoms with Crippen LogP contribution in [0.15, 0.2) is 18.2 Å². The van der Waals surface area contributed by atoms with Crippen molar-refractivity contribution in [1.82, 2.24) is 0 Å². The molecule has 0 heterocycles. The number of carbonyl (C=O) groups is 1. The second-order valence-electron chi connectivity index (χ2n) is 2.98. The molecule has 0 aliphatic carbocycles. The third-order valence-corrected chi connectivity index (χ3v) is 2.39. The van der Waals surface area contributed by atoms with E-state index in [2.05, 4.69) is 0 Å². The van der Waals surface area contributed by atoms with Crippen LogP contribution >= 0.6 is 11.6 Å². The molecule has 0 fully saturated rings. The molecule has 1 aromatic carbocycles. The molecule has 0 bridgehead atoms. The third kappa shape index (κ3) is 2.28. The van der Waals surface area contributed by atoms with Crippen LogP contribution in [0.4, 0.5) is 4.39 Å². The number of halogens is 2. The maximum atomic E-state index is 12.8. The van der Waals surface area contributed by atoms with Crippen molar-refractivity contribution in [2.75, 3.05) is 0 Å². The fourth-order valence-electron chi connectivity index (χ4n) is 1.06. The van der Waals surface area contributed by atoms with Crippen LogP contribution in [0.3, 0.4) is 0 Å². The number of alkyl halides is 1. The monoisotopic (exact) mass is 200 g/mol. The number of hydrogen-bond acceptors (Lipinski definition) is 1. The van der Waals surface area contributed by atoms with Gasteiger partial charge in [-0.05, 0) is 31.0 Å². The van der Waals surface area contributed by atoms with E-state index in [1.165, 1.54) is 19.1 Å². The molecule has 1 nitrogen and oxygen atoms in total. The Balaban J connectivity index is 3.03. The van der Waals surface area contributed by atoms with Crippen LogP contribution in [-0.2, 0) is 4.79 Å². The van der Waals surface area contributed by atoms with Crippen LogP contribution in [0.25, 0.3) is 0 Å². The highest BCUT2D eigenvalue weighted by Gasteiger charge is 2.13. The highest BCUT2D eigenvalue weighted by Crippen LogP contribution is 2.22. The smallest absolute Gasteiger partial charge is 0.152 e. The predicted molar refractivity (Wildman–Crippen MR) is 50.4 cm³/mol. The van der Waals surface area contributed by atoms with Gasteiger partial charge in [-0.3, -0.25) is 4.79 Å². The van der Waals surface area contributed by atoms with Gasteiger partial charge in [0.15, 0.2) is 5.78 Å². The van der Waals surface area contributed by atoms with Crippen molar-refractivity contribution in [3.8, 4) is 0 Å². The van der Waals surface area contributed by atoms with Gasteiger partial charge >= 0.3 is 0 Å². The zero-order valence-electron chi connectivity index (χ0n) is 7.47. The van der Waals surface area contributed by atoms with Crippen LogP contribution in [-0.4, -0.2) is 5.78 Å². The summed E-state index contributed by atoms with van der Waals surface area (Å²) >= 11 is 5.79. The summed E-state index contributed by atoms with van der Waals surface area (Å²) < 4.78 is 12.8. The number of carbonyl (C=O) groups excluding carboxylic acids is 1. The van der Waals surface area contributed by atoms with Gasteiger partial charge in [-0.1, -0.05) is 12.1 Å². The first-order valence-electron chi connectivity index (χ1n) is 3.93. The summed E-state index contributed by atoms with van der Waals surface area (Å²) in [5, 5.41) is -0.667. The van der Waals surface area contributed by atoms with Crippen molar-refractivity contribution in [1.29, 1.82) is 0 Å². The molecule has 0 aliphatic heterocycles. The summed E-state index contributed by atoms with van der Waals surface area (Å²) in [6, 6.07) is 4.44. The molecule has 0 spiro atoms. The summed E-state index contributed by atoms with van der Waals surface area (Å²) in [6.07, 6.45) is 0. The van der Waals surface area contributed by atoms with Crippen LogP contribution in [0.1, 0.15) is 23.4 Å². The average molecular weight is 201 g/mol. The van der Waals surface area contributed by atoms with E-state index in [0.29, 0.717) is 11.1 Å². The molecule has 0 saturated heterocycles. The lowest BCUT2D eigenvalue weighted by Crippen LogP contribution is -2.02. The van der Waals surface area contributed by atoms with Gasteiger partial charge in [0.2, 0.25) is 0 Å². The lowest BCUT2D eigenvalue weighted by molar-refractivity contribution is -0.116. The fraction of sp³-hybridized carbons (Fsp3) is 0.300. The molecule has 0 aliphatic rings. The van der Waals surface area contributed by atoms with E-state index >= 15 is 0 Å². The van der Waals surface area contributed by atoms with Gasteiger partial charge in [-0.15, -0.1) is 11.6 Å². The molecule has 1 rings (SSSR count). The lowest BCUT2D eigenvalue weighted by atomic mass is 10.1. The Kier molecular flexibility index (Phi) is 3.04. The first kappa shape index (κ1) is 10.2. The van der Waals surface area contributed by atoms with Gasteiger partial charge in [-0.2, -0.15) is 0 Å². The average Bonchev–Trinajstić information content (AvgIpc) is 2.08. The molecule has 1 unspecified atom stereocenters. The molecule has 0 saturated carbocycles. The second kappa shape index (κ2) is 3.88.